The Balaban J connectivity index is 2.80. The highest BCUT2D eigenvalue weighted by Crippen LogP contribution is 2.20. The Kier molecular flexibility index (Phi) is 6.69. The zero-order valence-corrected chi connectivity index (χ0v) is 13.3. The lowest BCUT2D eigenvalue weighted by molar-refractivity contribution is -0.150. The number of nitrogens with zero attached hydrogens (tertiary/aromatic N) is 1. The van der Waals surface area contributed by atoms with Crippen molar-refractivity contribution < 1.29 is 9.59 Å². The molecule has 0 aliphatic carbocycles. The van der Waals surface area contributed by atoms with Gasteiger partial charge in [0.15, 0.2) is 0 Å². The van der Waals surface area contributed by atoms with Crippen LogP contribution in [-0.4, -0.2) is 46.8 Å². The average Bonchev–Trinajstić information content (AvgIpc) is 2.41. The Morgan fingerprint density at radius 2 is 2.00 bits per heavy atom. The van der Waals surface area contributed by atoms with Gasteiger partial charge in [-0.15, -0.1) is 0 Å². The van der Waals surface area contributed by atoms with Crippen molar-refractivity contribution in [1.29, 1.82) is 0 Å². The summed E-state index contributed by atoms with van der Waals surface area (Å²) in [6, 6.07) is -0.628. The van der Waals surface area contributed by atoms with Gasteiger partial charge in [0.2, 0.25) is 11.8 Å². The van der Waals surface area contributed by atoms with Crippen LogP contribution in [0.25, 0.3) is 0 Å². The van der Waals surface area contributed by atoms with Gasteiger partial charge in [-0.3, -0.25) is 9.59 Å². The minimum Gasteiger partial charge on any atom is -0.342 e. The third-order valence-electron chi connectivity index (χ3n) is 3.81. The molecule has 1 rings (SSSR count). The second kappa shape index (κ2) is 7.78. The maximum Gasteiger partial charge on any atom is 0.246 e. The summed E-state index contributed by atoms with van der Waals surface area (Å²) < 4.78 is 0. The molecule has 0 aromatic rings. The van der Waals surface area contributed by atoms with Crippen LogP contribution in [0.2, 0.25) is 0 Å². The molecule has 2 amide bonds. The first-order chi connectivity index (χ1) is 9.06. The van der Waals surface area contributed by atoms with Crippen LogP contribution in [0.4, 0.5) is 0 Å². The molecular weight excluding hydrogens is 260 g/mol. The second-order valence-corrected chi connectivity index (χ2v) is 6.42. The van der Waals surface area contributed by atoms with Crippen LogP contribution in [0.3, 0.4) is 0 Å². The standard InChI is InChI=1S/C14H26N2O2S/c1-5-10(4)12-14(18)16(8-9-19-7-3)11(6-2)13(17)15-12/h10-12H,5-9H2,1-4H3,(H,15,17). The summed E-state index contributed by atoms with van der Waals surface area (Å²) in [4.78, 5) is 26.5. The van der Waals surface area contributed by atoms with Gasteiger partial charge in [0, 0.05) is 12.3 Å². The van der Waals surface area contributed by atoms with Gasteiger partial charge in [-0.2, -0.15) is 11.8 Å². The van der Waals surface area contributed by atoms with E-state index in [4.69, 9.17) is 0 Å². The molecule has 0 radical (unpaired) electrons. The van der Waals surface area contributed by atoms with Crippen LogP contribution < -0.4 is 5.32 Å². The second-order valence-electron chi connectivity index (χ2n) is 5.02. The maximum atomic E-state index is 12.5. The van der Waals surface area contributed by atoms with E-state index in [-0.39, 0.29) is 29.8 Å². The average molecular weight is 286 g/mol. The van der Waals surface area contributed by atoms with Gasteiger partial charge in [0.25, 0.3) is 0 Å². The quantitative estimate of drug-likeness (QED) is 0.727. The van der Waals surface area contributed by atoms with Crippen LogP contribution in [0.5, 0.6) is 0 Å². The number of piperazine rings is 1. The summed E-state index contributed by atoms with van der Waals surface area (Å²) in [7, 11) is 0. The van der Waals surface area contributed by atoms with E-state index in [1.807, 2.05) is 32.5 Å². The first-order valence-electron chi connectivity index (χ1n) is 7.25. The summed E-state index contributed by atoms with van der Waals surface area (Å²) >= 11 is 1.81. The van der Waals surface area contributed by atoms with Crippen LogP contribution in [0.15, 0.2) is 0 Å². The van der Waals surface area contributed by atoms with Crippen molar-refractivity contribution in [3.05, 3.63) is 0 Å². The summed E-state index contributed by atoms with van der Waals surface area (Å²) in [5.74, 6) is 2.24. The fourth-order valence-corrected chi connectivity index (χ4v) is 3.00. The van der Waals surface area contributed by atoms with Crippen molar-refractivity contribution >= 4 is 23.6 Å². The topological polar surface area (TPSA) is 49.4 Å². The molecule has 0 aromatic heterocycles. The lowest BCUT2D eigenvalue weighted by Crippen LogP contribution is -2.65. The van der Waals surface area contributed by atoms with Crippen LogP contribution in [-0.2, 0) is 9.59 Å². The van der Waals surface area contributed by atoms with Gasteiger partial charge in [0.1, 0.15) is 12.1 Å². The highest BCUT2D eigenvalue weighted by molar-refractivity contribution is 7.99. The Bertz CT molecular complexity index is 323. The zero-order chi connectivity index (χ0) is 14.4. The van der Waals surface area contributed by atoms with Gasteiger partial charge in [-0.25, -0.2) is 0 Å². The smallest absolute Gasteiger partial charge is 0.246 e. The SMILES string of the molecule is CCSCCN1C(=O)C(C(C)CC)NC(=O)C1CC. The molecule has 3 atom stereocenters. The summed E-state index contributed by atoms with van der Waals surface area (Å²) in [6.07, 6.45) is 1.58. The third-order valence-corrected chi connectivity index (χ3v) is 4.69. The molecule has 4 nitrogen and oxygen atoms in total. The number of rotatable bonds is 7. The van der Waals surface area contributed by atoms with E-state index in [2.05, 4.69) is 12.2 Å². The molecule has 110 valence electrons. The first-order valence-corrected chi connectivity index (χ1v) is 8.40. The predicted octanol–water partition coefficient (Wildman–Crippen LogP) is 1.89. The van der Waals surface area contributed by atoms with E-state index in [9.17, 15) is 9.59 Å². The molecule has 1 N–H and O–H groups in total. The van der Waals surface area contributed by atoms with Gasteiger partial charge >= 0.3 is 0 Å². The van der Waals surface area contributed by atoms with Crippen LogP contribution in [0, 0.1) is 5.92 Å². The Labute approximate surface area is 120 Å². The molecular formula is C14H26N2O2S. The van der Waals surface area contributed by atoms with Crippen molar-refractivity contribution in [2.45, 2.75) is 52.6 Å². The summed E-state index contributed by atoms with van der Waals surface area (Å²) in [5.41, 5.74) is 0. The minimum atomic E-state index is -0.341. The van der Waals surface area contributed by atoms with Crippen molar-refractivity contribution in [2.24, 2.45) is 5.92 Å². The zero-order valence-electron chi connectivity index (χ0n) is 12.4. The van der Waals surface area contributed by atoms with Gasteiger partial charge in [-0.1, -0.05) is 34.1 Å². The number of thioether (sulfide) groups is 1. The van der Waals surface area contributed by atoms with E-state index < -0.39 is 0 Å². The number of carbonyl (C=O) groups excluding carboxylic acids is 2. The molecule has 0 saturated carbocycles. The lowest BCUT2D eigenvalue weighted by Gasteiger charge is -2.40. The normalized spacial score (nSPS) is 25.4. The number of carbonyl (C=O) groups is 2. The molecule has 1 aliphatic rings. The highest BCUT2D eigenvalue weighted by Gasteiger charge is 2.40. The maximum absolute atomic E-state index is 12.5. The first kappa shape index (κ1) is 16.3. The van der Waals surface area contributed by atoms with Crippen molar-refractivity contribution in [3.8, 4) is 0 Å². The number of nitrogens with one attached hydrogen (secondary N) is 1. The molecule has 1 aliphatic heterocycles. The summed E-state index contributed by atoms with van der Waals surface area (Å²) in [6.45, 7) is 8.81. The van der Waals surface area contributed by atoms with Gasteiger partial charge in [0.05, 0.1) is 0 Å². The Hall–Kier alpha value is -0.710. The Morgan fingerprint density at radius 1 is 1.32 bits per heavy atom. The third kappa shape index (κ3) is 3.88. The van der Waals surface area contributed by atoms with E-state index in [1.54, 1.807) is 4.90 Å². The Morgan fingerprint density at radius 3 is 2.53 bits per heavy atom. The van der Waals surface area contributed by atoms with Crippen molar-refractivity contribution in [1.82, 2.24) is 10.2 Å². The minimum absolute atomic E-state index is 0.00824. The molecule has 5 heteroatoms. The van der Waals surface area contributed by atoms with Crippen molar-refractivity contribution in [2.75, 3.05) is 18.1 Å². The number of amides is 2. The highest BCUT2D eigenvalue weighted by atomic mass is 32.2. The lowest BCUT2D eigenvalue weighted by atomic mass is 9.93. The predicted molar refractivity (Wildman–Crippen MR) is 80.2 cm³/mol. The molecule has 19 heavy (non-hydrogen) atoms. The van der Waals surface area contributed by atoms with Crippen molar-refractivity contribution in [3.63, 3.8) is 0 Å². The van der Waals surface area contributed by atoms with E-state index in [1.165, 1.54) is 0 Å². The molecule has 3 unspecified atom stereocenters. The molecule has 0 aromatic carbocycles. The van der Waals surface area contributed by atoms with Gasteiger partial charge in [-0.05, 0) is 18.1 Å². The molecule has 0 bridgehead atoms. The largest absolute Gasteiger partial charge is 0.342 e. The van der Waals surface area contributed by atoms with E-state index in [0.29, 0.717) is 13.0 Å². The fourth-order valence-electron chi connectivity index (χ4n) is 2.39. The van der Waals surface area contributed by atoms with E-state index >= 15 is 0 Å². The van der Waals surface area contributed by atoms with Gasteiger partial charge < -0.3 is 10.2 Å². The van der Waals surface area contributed by atoms with Crippen LogP contribution >= 0.6 is 11.8 Å². The number of hydrogen-bond donors (Lipinski definition) is 1. The summed E-state index contributed by atoms with van der Waals surface area (Å²) in [5, 5.41) is 2.90. The molecule has 1 fully saturated rings. The number of hydrogen-bond acceptors (Lipinski definition) is 3. The van der Waals surface area contributed by atoms with E-state index in [0.717, 1.165) is 17.9 Å². The monoisotopic (exact) mass is 286 g/mol. The molecule has 1 heterocycles. The van der Waals surface area contributed by atoms with Crippen LogP contribution in [0.1, 0.15) is 40.5 Å². The fraction of sp³-hybridized carbons (Fsp3) is 0.857. The molecule has 0 spiro atoms. The molecule has 1 saturated heterocycles.